The van der Waals surface area contributed by atoms with Gasteiger partial charge in [-0.1, -0.05) is 15.9 Å². The SMILES string of the molecule is Cc1cc(Br)cc2scnc12. The first-order valence-electron chi connectivity index (χ1n) is 3.27. The van der Waals surface area contributed by atoms with Crippen LogP contribution in [0.25, 0.3) is 10.2 Å². The second-order valence-corrected chi connectivity index (χ2v) is 4.22. The molecule has 1 aromatic heterocycles. The lowest BCUT2D eigenvalue weighted by Crippen LogP contribution is -1.75. The van der Waals surface area contributed by atoms with Gasteiger partial charge in [-0.05, 0) is 24.6 Å². The van der Waals surface area contributed by atoms with Crippen molar-refractivity contribution in [1.29, 1.82) is 0 Å². The molecule has 0 saturated heterocycles. The van der Waals surface area contributed by atoms with Crippen molar-refractivity contribution in [2.75, 3.05) is 0 Å². The standard InChI is InChI=1S/C8H6BrNS/c1-5-2-6(9)3-7-8(5)10-4-11-7/h2-4H,1H3. The molecule has 0 atom stereocenters. The Kier molecular flexibility index (Phi) is 1.69. The summed E-state index contributed by atoms with van der Waals surface area (Å²) in [5.74, 6) is 0. The van der Waals surface area contributed by atoms with E-state index in [9.17, 15) is 0 Å². The lowest BCUT2D eigenvalue weighted by atomic mass is 10.2. The van der Waals surface area contributed by atoms with E-state index < -0.39 is 0 Å². The number of hydrogen-bond donors (Lipinski definition) is 0. The molecular weight excluding hydrogens is 222 g/mol. The fourth-order valence-electron chi connectivity index (χ4n) is 1.10. The van der Waals surface area contributed by atoms with E-state index in [1.165, 1.54) is 10.3 Å². The summed E-state index contributed by atoms with van der Waals surface area (Å²) in [6, 6.07) is 4.18. The highest BCUT2D eigenvalue weighted by molar-refractivity contribution is 9.10. The first kappa shape index (κ1) is 7.25. The quantitative estimate of drug-likeness (QED) is 0.673. The highest BCUT2D eigenvalue weighted by atomic mass is 79.9. The second kappa shape index (κ2) is 2.57. The molecule has 2 aromatic rings. The summed E-state index contributed by atoms with van der Waals surface area (Å²) in [6.45, 7) is 2.08. The Balaban J connectivity index is 2.91. The number of thiazole rings is 1. The van der Waals surface area contributed by atoms with Gasteiger partial charge in [0.1, 0.15) is 0 Å². The lowest BCUT2D eigenvalue weighted by Gasteiger charge is -1.94. The highest BCUT2D eigenvalue weighted by Crippen LogP contribution is 2.25. The van der Waals surface area contributed by atoms with Crippen LogP contribution in [0.3, 0.4) is 0 Å². The molecule has 0 aliphatic carbocycles. The molecule has 0 unspecified atom stereocenters. The Bertz CT molecular complexity index is 394. The minimum absolute atomic E-state index is 1.12. The molecule has 0 aliphatic heterocycles. The molecule has 11 heavy (non-hydrogen) atoms. The third kappa shape index (κ3) is 1.19. The Morgan fingerprint density at radius 2 is 2.27 bits per heavy atom. The molecule has 0 bridgehead atoms. The summed E-state index contributed by atoms with van der Waals surface area (Å²) in [7, 11) is 0. The van der Waals surface area contributed by atoms with Crippen molar-refractivity contribution in [3.05, 3.63) is 27.7 Å². The van der Waals surface area contributed by atoms with Crippen LogP contribution in [0.15, 0.2) is 22.1 Å². The van der Waals surface area contributed by atoms with E-state index in [1.54, 1.807) is 11.3 Å². The van der Waals surface area contributed by atoms with Gasteiger partial charge in [0.05, 0.1) is 15.7 Å². The number of aromatic nitrogens is 1. The minimum atomic E-state index is 1.12. The first-order valence-corrected chi connectivity index (χ1v) is 4.94. The summed E-state index contributed by atoms with van der Waals surface area (Å²) >= 11 is 5.12. The molecule has 0 N–H and O–H groups in total. The van der Waals surface area contributed by atoms with Crippen LogP contribution >= 0.6 is 27.3 Å². The van der Waals surface area contributed by atoms with E-state index in [4.69, 9.17) is 0 Å². The van der Waals surface area contributed by atoms with E-state index in [2.05, 4.69) is 40.0 Å². The lowest BCUT2D eigenvalue weighted by molar-refractivity contribution is 1.42. The monoisotopic (exact) mass is 227 g/mol. The fraction of sp³-hybridized carbons (Fsp3) is 0.125. The molecular formula is C8H6BrNS. The van der Waals surface area contributed by atoms with Gasteiger partial charge in [-0.2, -0.15) is 0 Å². The van der Waals surface area contributed by atoms with Gasteiger partial charge >= 0.3 is 0 Å². The zero-order valence-corrected chi connectivity index (χ0v) is 8.37. The smallest absolute Gasteiger partial charge is 0.0841 e. The van der Waals surface area contributed by atoms with Gasteiger partial charge in [0, 0.05) is 4.47 Å². The molecule has 0 radical (unpaired) electrons. The number of aryl methyl sites for hydroxylation is 1. The number of fused-ring (bicyclic) bond motifs is 1. The van der Waals surface area contributed by atoms with Gasteiger partial charge in [-0.3, -0.25) is 0 Å². The summed E-state index contributed by atoms with van der Waals surface area (Å²) in [6.07, 6.45) is 0. The normalized spacial score (nSPS) is 10.7. The predicted octanol–water partition coefficient (Wildman–Crippen LogP) is 3.37. The highest BCUT2D eigenvalue weighted by Gasteiger charge is 2.00. The van der Waals surface area contributed by atoms with Crippen molar-refractivity contribution in [2.24, 2.45) is 0 Å². The summed E-state index contributed by atoms with van der Waals surface area (Å²) in [5, 5.41) is 0. The van der Waals surface area contributed by atoms with E-state index in [1.807, 2.05) is 5.51 Å². The summed E-state index contributed by atoms with van der Waals surface area (Å²) in [4.78, 5) is 4.26. The molecule has 1 heterocycles. The van der Waals surface area contributed by atoms with Crippen molar-refractivity contribution in [3.63, 3.8) is 0 Å². The molecule has 0 fully saturated rings. The van der Waals surface area contributed by atoms with Gasteiger partial charge in [0.15, 0.2) is 0 Å². The van der Waals surface area contributed by atoms with Crippen LogP contribution in [0.2, 0.25) is 0 Å². The van der Waals surface area contributed by atoms with Crippen LogP contribution in [0.5, 0.6) is 0 Å². The Morgan fingerprint density at radius 1 is 1.45 bits per heavy atom. The van der Waals surface area contributed by atoms with Crippen LogP contribution in [-0.2, 0) is 0 Å². The topological polar surface area (TPSA) is 12.9 Å². The largest absolute Gasteiger partial charge is 0.244 e. The third-order valence-electron chi connectivity index (χ3n) is 1.59. The zero-order valence-electron chi connectivity index (χ0n) is 5.97. The Labute approximate surface area is 77.2 Å². The zero-order chi connectivity index (χ0) is 7.84. The van der Waals surface area contributed by atoms with Crippen molar-refractivity contribution in [1.82, 2.24) is 4.98 Å². The van der Waals surface area contributed by atoms with Crippen LogP contribution < -0.4 is 0 Å². The van der Waals surface area contributed by atoms with Crippen molar-refractivity contribution in [3.8, 4) is 0 Å². The third-order valence-corrected chi connectivity index (χ3v) is 2.83. The summed E-state index contributed by atoms with van der Waals surface area (Å²) < 4.78 is 2.38. The van der Waals surface area contributed by atoms with E-state index in [0.29, 0.717) is 0 Å². The van der Waals surface area contributed by atoms with Gasteiger partial charge in [-0.15, -0.1) is 11.3 Å². The minimum Gasteiger partial charge on any atom is -0.244 e. The molecule has 56 valence electrons. The van der Waals surface area contributed by atoms with E-state index in [-0.39, 0.29) is 0 Å². The fourth-order valence-corrected chi connectivity index (χ4v) is 2.61. The summed E-state index contributed by atoms with van der Waals surface area (Å²) in [5.41, 5.74) is 4.23. The average Bonchev–Trinajstić information content (AvgIpc) is 2.34. The van der Waals surface area contributed by atoms with E-state index >= 15 is 0 Å². The number of rotatable bonds is 0. The molecule has 0 amide bonds. The van der Waals surface area contributed by atoms with Crippen molar-refractivity contribution in [2.45, 2.75) is 6.92 Å². The molecule has 0 aliphatic rings. The first-order chi connectivity index (χ1) is 5.27. The van der Waals surface area contributed by atoms with Gasteiger partial charge in [0.25, 0.3) is 0 Å². The van der Waals surface area contributed by atoms with Gasteiger partial charge in [0.2, 0.25) is 0 Å². The van der Waals surface area contributed by atoms with E-state index in [0.717, 1.165) is 9.99 Å². The number of nitrogens with zero attached hydrogens (tertiary/aromatic N) is 1. The predicted molar refractivity (Wildman–Crippen MR) is 52.1 cm³/mol. The maximum absolute atomic E-state index is 4.26. The molecule has 2 rings (SSSR count). The van der Waals surface area contributed by atoms with Crippen molar-refractivity contribution >= 4 is 37.5 Å². The molecule has 1 aromatic carbocycles. The molecule has 3 heteroatoms. The molecule has 0 spiro atoms. The maximum Gasteiger partial charge on any atom is 0.0841 e. The number of benzene rings is 1. The Morgan fingerprint density at radius 3 is 3.09 bits per heavy atom. The number of hydrogen-bond acceptors (Lipinski definition) is 2. The molecule has 1 nitrogen and oxygen atoms in total. The Hall–Kier alpha value is -0.410. The van der Waals surface area contributed by atoms with Crippen LogP contribution in [-0.4, -0.2) is 4.98 Å². The average molecular weight is 228 g/mol. The van der Waals surface area contributed by atoms with Crippen LogP contribution in [0.4, 0.5) is 0 Å². The van der Waals surface area contributed by atoms with Gasteiger partial charge in [-0.25, -0.2) is 4.98 Å². The van der Waals surface area contributed by atoms with Crippen LogP contribution in [0, 0.1) is 6.92 Å². The molecule has 0 saturated carbocycles. The number of halogens is 1. The second-order valence-electron chi connectivity index (χ2n) is 2.42. The van der Waals surface area contributed by atoms with Crippen LogP contribution in [0.1, 0.15) is 5.56 Å². The van der Waals surface area contributed by atoms with Crippen molar-refractivity contribution < 1.29 is 0 Å². The van der Waals surface area contributed by atoms with Gasteiger partial charge < -0.3 is 0 Å². The maximum atomic E-state index is 4.26.